The number of nitrogens with one attached hydrogen (secondary N) is 1. The van der Waals surface area contributed by atoms with Gasteiger partial charge in [-0.2, -0.15) is 4.31 Å². The molecule has 0 unspecified atom stereocenters. The normalized spacial score (nSPS) is 15.2. The first kappa shape index (κ1) is 23.3. The second kappa shape index (κ2) is 10.0. The molecule has 35 heavy (non-hydrogen) atoms. The fourth-order valence-corrected chi connectivity index (χ4v) is 6.19. The third-order valence-electron chi connectivity index (χ3n) is 6.70. The number of amides is 1. The van der Waals surface area contributed by atoms with Gasteiger partial charge in [-0.3, -0.25) is 4.79 Å². The molecule has 1 heterocycles. The first-order valence-electron chi connectivity index (χ1n) is 11.9. The van der Waals surface area contributed by atoms with Gasteiger partial charge in [-0.25, -0.2) is 8.42 Å². The van der Waals surface area contributed by atoms with E-state index in [4.69, 9.17) is 0 Å². The zero-order valence-electron chi connectivity index (χ0n) is 19.4. The van der Waals surface area contributed by atoms with Crippen molar-refractivity contribution in [1.29, 1.82) is 0 Å². The Labute approximate surface area is 206 Å². The molecule has 1 aliphatic heterocycles. The van der Waals surface area contributed by atoms with Crippen LogP contribution in [0, 0.1) is 5.92 Å². The number of anilines is 1. The van der Waals surface area contributed by atoms with E-state index in [9.17, 15) is 13.2 Å². The van der Waals surface area contributed by atoms with E-state index in [0.29, 0.717) is 30.8 Å². The number of hydrogen-bond acceptors (Lipinski definition) is 3. The molecule has 0 atom stereocenters. The number of carbonyl (C=O) groups is 1. The van der Waals surface area contributed by atoms with Crippen LogP contribution in [0.25, 0.3) is 10.8 Å². The molecule has 0 radical (unpaired) electrons. The van der Waals surface area contributed by atoms with Gasteiger partial charge in [0.1, 0.15) is 0 Å². The maximum Gasteiger partial charge on any atom is 0.243 e. The van der Waals surface area contributed by atoms with Gasteiger partial charge < -0.3 is 5.32 Å². The summed E-state index contributed by atoms with van der Waals surface area (Å²) in [6.45, 7) is 0.665. The lowest BCUT2D eigenvalue weighted by Gasteiger charge is -2.30. The average Bonchev–Trinajstić information content (AvgIpc) is 2.90. The maximum atomic E-state index is 13.2. The summed E-state index contributed by atoms with van der Waals surface area (Å²) < 4.78 is 28.0. The molecule has 1 fully saturated rings. The van der Waals surface area contributed by atoms with Gasteiger partial charge in [-0.1, -0.05) is 78.9 Å². The smallest absolute Gasteiger partial charge is 0.243 e. The summed E-state index contributed by atoms with van der Waals surface area (Å²) in [5.41, 5.74) is 3.05. The van der Waals surface area contributed by atoms with Crippen molar-refractivity contribution in [2.45, 2.75) is 24.2 Å². The molecule has 4 aromatic rings. The standard InChI is InChI=1S/C29H28N2O3S/c32-29(30-28-13-7-6-12-26(28)20-22-8-2-1-3-9-22)24-16-18-31(19-17-24)35(33,34)27-15-14-23-10-4-5-11-25(23)21-27/h1-15,21,24H,16-20H2,(H,30,32). The lowest BCUT2D eigenvalue weighted by Crippen LogP contribution is -2.41. The number of para-hydroxylation sites is 1. The molecule has 0 spiro atoms. The number of nitrogens with zero attached hydrogens (tertiary/aromatic N) is 1. The van der Waals surface area contributed by atoms with E-state index in [2.05, 4.69) is 17.4 Å². The van der Waals surface area contributed by atoms with E-state index in [1.807, 2.05) is 72.8 Å². The highest BCUT2D eigenvalue weighted by Gasteiger charge is 2.32. The second-order valence-electron chi connectivity index (χ2n) is 9.00. The number of piperidine rings is 1. The SMILES string of the molecule is O=C(Nc1ccccc1Cc1ccccc1)C1CCN(S(=O)(=O)c2ccc3ccccc3c2)CC1. The largest absolute Gasteiger partial charge is 0.326 e. The van der Waals surface area contributed by atoms with E-state index in [-0.39, 0.29) is 11.8 Å². The molecule has 0 bridgehead atoms. The minimum Gasteiger partial charge on any atom is -0.326 e. The molecular weight excluding hydrogens is 456 g/mol. The van der Waals surface area contributed by atoms with Gasteiger partial charge in [0.05, 0.1) is 4.90 Å². The van der Waals surface area contributed by atoms with E-state index >= 15 is 0 Å². The summed E-state index contributed by atoms with van der Waals surface area (Å²) in [4.78, 5) is 13.4. The summed E-state index contributed by atoms with van der Waals surface area (Å²) in [6, 6.07) is 31.0. The van der Waals surface area contributed by atoms with Crippen molar-refractivity contribution in [2.75, 3.05) is 18.4 Å². The highest BCUT2D eigenvalue weighted by Crippen LogP contribution is 2.28. The number of fused-ring (bicyclic) bond motifs is 1. The molecule has 1 saturated heterocycles. The monoisotopic (exact) mass is 484 g/mol. The molecule has 5 nitrogen and oxygen atoms in total. The van der Waals surface area contributed by atoms with Crippen LogP contribution < -0.4 is 5.32 Å². The van der Waals surface area contributed by atoms with Crippen LogP contribution in [-0.2, 0) is 21.2 Å². The lowest BCUT2D eigenvalue weighted by molar-refractivity contribution is -0.120. The van der Waals surface area contributed by atoms with Crippen LogP contribution >= 0.6 is 0 Å². The summed E-state index contributed by atoms with van der Waals surface area (Å²) in [7, 11) is -3.60. The Bertz CT molecular complexity index is 1440. The highest BCUT2D eigenvalue weighted by atomic mass is 32.2. The summed E-state index contributed by atoms with van der Waals surface area (Å²) in [5.74, 6) is -0.268. The van der Waals surface area contributed by atoms with Gasteiger partial charge in [0, 0.05) is 24.7 Å². The van der Waals surface area contributed by atoms with Crippen molar-refractivity contribution >= 4 is 32.4 Å². The van der Waals surface area contributed by atoms with Gasteiger partial charge in [0.25, 0.3) is 0 Å². The number of carbonyl (C=O) groups excluding carboxylic acids is 1. The fourth-order valence-electron chi connectivity index (χ4n) is 4.68. The molecule has 4 aromatic carbocycles. The second-order valence-corrected chi connectivity index (χ2v) is 10.9. The molecular formula is C29H28N2O3S. The van der Waals surface area contributed by atoms with Crippen LogP contribution in [0.5, 0.6) is 0 Å². The molecule has 1 aliphatic rings. The molecule has 0 aliphatic carbocycles. The van der Waals surface area contributed by atoms with Crippen LogP contribution in [0.3, 0.4) is 0 Å². The van der Waals surface area contributed by atoms with Gasteiger partial charge in [-0.05, 0) is 59.4 Å². The quantitative estimate of drug-likeness (QED) is 0.395. The van der Waals surface area contributed by atoms with Gasteiger partial charge >= 0.3 is 0 Å². The minimum absolute atomic E-state index is 0.0479. The van der Waals surface area contributed by atoms with Crippen molar-refractivity contribution < 1.29 is 13.2 Å². The van der Waals surface area contributed by atoms with Gasteiger partial charge in [0.2, 0.25) is 15.9 Å². The maximum absolute atomic E-state index is 13.2. The van der Waals surface area contributed by atoms with Crippen LogP contribution in [0.4, 0.5) is 5.69 Å². The van der Waals surface area contributed by atoms with Crippen molar-refractivity contribution in [3.05, 3.63) is 108 Å². The van der Waals surface area contributed by atoms with E-state index < -0.39 is 10.0 Å². The molecule has 5 rings (SSSR count). The zero-order chi connectivity index (χ0) is 24.3. The van der Waals surface area contributed by atoms with E-state index in [1.54, 1.807) is 12.1 Å². The number of sulfonamides is 1. The predicted molar refractivity (Wildman–Crippen MR) is 140 cm³/mol. The summed E-state index contributed by atoms with van der Waals surface area (Å²) in [5, 5.41) is 5.01. The third-order valence-corrected chi connectivity index (χ3v) is 8.59. The number of benzene rings is 4. The van der Waals surface area contributed by atoms with Crippen molar-refractivity contribution in [3.8, 4) is 0 Å². The zero-order valence-corrected chi connectivity index (χ0v) is 20.2. The number of rotatable bonds is 6. The van der Waals surface area contributed by atoms with E-state index in [1.165, 1.54) is 9.87 Å². The molecule has 1 amide bonds. The lowest BCUT2D eigenvalue weighted by atomic mass is 9.96. The average molecular weight is 485 g/mol. The van der Waals surface area contributed by atoms with Gasteiger partial charge in [-0.15, -0.1) is 0 Å². The third kappa shape index (κ3) is 5.14. The Morgan fingerprint density at radius 3 is 2.23 bits per heavy atom. The summed E-state index contributed by atoms with van der Waals surface area (Å²) in [6.07, 6.45) is 1.73. The Morgan fingerprint density at radius 1 is 0.800 bits per heavy atom. The first-order valence-corrected chi connectivity index (χ1v) is 13.4. The van der Waals surface area contributed by atoms with Crippen molar-refractivity contribution in [3.63, 3.8) is 0 Å². The van der Waals surface area contributed by atoms with Crippen LogP contribution in [-0.4, -0.2) is 31.7 Å². The first-order chi connectivity index (χ1) is 17.0. The molecule has 0 saturated carbocycles. The molecule has 0 aromatic heterocycles. The Morgan fingerprint density at radius 2 is 1.46 bits per heavy atom. The van der Waals surface area contributed by atoms with Crippen LogP contribution in [0.2, 0.25) is 0 Å². The van der Waals surface area contributed by atoms with Gasteiger partial charge in [0.15, 0.2) is 0 Å². The number of hydrogen-bond donors (Lipinski definition) is 1. The van der Waals surface area contributed by atoms with Crippen molar-refractivity contribution in [2.24, 2.45) is 5.92 Å². The molecule has 6 heteroatoms. The predicted octanol–water partition coefficient (Wildman–Crippen LogP) is 5.47. The molecule has 1 N–H and O–H groups in total. The summed E-state index contributed by atoms with van der Waals surface area (Å²) >= 11 is 0. The van der Waals surface area contributed by atoms with Crippen molar-refractivity contribution in [1.82, 2.24) is 4.31 Å². The molecule has 178 valence electrons. The van der Waals surface area contributed by atoms with Crippen LogP contribution in [0.1, 0.15) is 24.0 Å². The highest BCUT2D eigenvalue weighted by molar-refractivity contribution is 7.89. The Hall–Kier alpha value is -3.48. The fraction of sp³-hybridized carbons (Fsp3) is 0.207. The Balaban J connectivity index is 1.24. The van der Waals surface area contributed by atoms with Crippen LogP contribution in [0.15, 0.2) is 102 Å². The Kier molecular flexibility index (Phi) is 6.66. The van der Waals surface area contributed by atoms with E-state index in [0.717, 1.165) is 28.4 Å². The minimum atomic E-state index is -3.60. The topological polar surface area (TPSA) is 66.5 Å².